The van der Waals surface area contributed by atoms with Gasteiger partial charge in [0.1, 0.15) is 10.8 Å². The number of sulfone groups is 1. The molecular weight excluding hydrogens is 558 g/mol. The summed E-state index contributed by atoms with van der Waals surface area (Å²) in [7, 11) is -1.85. The Morgan fingerprint density at radius 1 is 1.10 bits per heavy atom. The van der Waals surface area contributed by atoms with Crippen molar-refractivity contribution >= 4 is 44.6 Å². The van der Waals surface area contributed by atoms with Crippen LogP contribution in [0.15, 0.2) is 47.5 Å². The number of rotatable bonds is 12. The summed E-state index contributed by atoms with van der Waals surface area (Å²) in [6, 6.07) is 11.0. The van der Waals surface area contributed by atoms with Gasteiger partial charge < -0.3 is 20.3 Å². The molecule has 3 aromatic rings. The van der Waals surface area contributed by atoms with Gasteiger partial charge in [-0.05, 0) is 101 Å². The Labute approximate surface area is 249 Å². The molecule has 0 amide bonds. The predicted molar refractivity (Wildman–Crippen MR) is 168 cm³/mol. The highest BCUT2D eigenvalue weighted by molar-refractivity contribution is 7.92. The Bertz CT molecular complexity index is 1440. The first-order chi connectivity index (χ1) is 19.6. The Morgan fingerprint density at radius 2 is 1.83 bits per heavy atom. The van der Waals surface area contributed by atoms with Crippen molar-refractivity contribution in [1.82, 2.24) is 14.9 Å². The average Bonchev–Trinajstić information content (AvgIpc) is 2.96. The first kappa shape index (κ1) is 31.1. The summed E-state index contributed by atoms with van der Waals surface area (Å²) in [5, 5.41) is 6.08. The van der Waals surface area contributed by atoms with E-state index in [2.05, 4.69) is 51.5 Å². The zero-order chi connectivity index (χ0) is 29.6. The van der Waals surface area contributed by atoms with Gasteiger partial charge in [-0.25, -0.2) is 13.4 Å². The van der Waals surface area contributed by atoms with E-state index in [-0.39, 0.29) is 9.92 Å². The topological polar surface area (TPSA) is 96.5 Å². The molecule has 1 aliphatic rings. The van der Waals surface area contributed by atoms with Crippen molar-refractivity contribution in [2.24, 2.45) is 0 Å². The molecule has 222 valence electrons. The number of para-hydroxylation sites is 1. The van der Waals surface area contributed by atoms with E-state index < -0.39 is 15.1 Å². The number of anilines is 4. The van der Waals surface area contributed by atoms with E-state index in [9.17, 15) is 8.42 Å². The highest BCUT2D eigenvalue weighted by atomic mass is 35.5. The van der Waals surface area contributed by atoms with Crippen LogP contribution in [-0.4, -0.2) is 55.3 Å². The van der Waals surface area contributed by atoms with Crippen LogP contribution in [-0.2, 0) is 9.84 Å². The van der Waals surface area contributed by atoms with Gasteiger partial charge in [-0.1, -0.05) is 43.5 Å². The number of methoxy groups -OCH3 is 1. The molecule has 8 nitrogen and oxygen atoms in total. The number of nitrogens with one attached hydrogen (secondary N) is 2. The zero-order valence-corrected chi connectivity index (χ0v) is 26.3. The van der Waals surface area contributed by atoms with Crippen LogP contribution in [0.3, 0.4) is 0 Å². The maximum absolute atomic E-state index is 12.9. The summed E-state index contributed by atoms with van der Waals surface area (Å²) in [6.45, 7) is 11.2. The predicted octanol–water partition coefficient (Wildman–Crippen LogP) is 7.49. The fraction of sp³-hybridized carbons (Fsp3) is 0.484. The van der Waals surface area contributed by atoms with Crippen LogP contribution in [0.25, 0.3) is 0 Å². The van der Waals surface area contributed by atoms with Crippen molar-refractivity contribution in [3.05, 3.63) is 58.7 Å². The first-order valence-electron chi connectivity index (χ1n) is 14.4. The lowest BCUT2D eigenvalue weighted by atomic mass is 9.86. The van der Waals surface area contributed by atoms with Crippen LogP contribution in [0.5, 0.6) is 5.75 Å². The van der Waals surface area contributed by atoms with Crippen LogP contribution in [0.1, 0.15) is 69.9 Å². The Kier molecular flexibility index (Phi) is 10.5. The summed E-state index contributed by atoms with van der Waals surface area (Å²) >= 11 is 6.42. The fourth-order valence-electron chi connectivity index (χ4n) is 5.30. The number of unbranched alkanes of at least 4 members (excludes halogenated alkanes) is 2. The number of likely N-dealkylation sites (tertiary alicyclic amines) is 1. The summed E-state index contributed by atoms with van der Waals surface area (Å²) in [6.07, 6.45) is 7.61. The third-order valence-electron chi connectivity index (χ3n) is 7.75. The maximum atomic E-state index is 12.9. The molecule has 1 aliphatic heterocycles. The Morgan fingerprint density at radius 3 is 2.51 bits per heavy atom. The molecule has 10 heteroatoms. The van der Waals surface area contributed by atoms with Gasteiger partial charge >= 0.3 is 0 Å². The molecule has 2 heterocycles. The van der Waals surface area contributed by atoms with E-state index in [0.29, 0.717) is 23.4 Å². The fourth-order valence-corrected chi connectivity index (χ4v) is 6.64. The van der Waals surface area contributed by atoms with Gasteiger partial charge in [-0.3, -0.25) is 0 Å². The van der Waals surface area contributed by atoms with Crippen LogP contribution < -0.4 is 15.4 Å². The zero-order valence-electron chi connectivity index (χ0n) is 24.7. The number of aryl methyl sites for hydroxylation is 1. The number of piperidine rings is 1. The lowest BCUT2D eigenvalue weighted by Gasteiger charge is -2.33. The number of aromatic nitrogens is 2. The Balaban J connectivity index is 1.53. The quantitative estimate of drug-likeness (QED) is 0.207. The van der Waals surface area contributed by atoms with Crippen molar-refractivity contribution in [2.75, 3.05) is 37.4 Å². The molecule has 0 atom stereocenters. The largest absolute Gasteiger partial charge is 0.495 e. The van der Waals surface area contributed by atoms with E-state index >= 15 is 0 Å². The minimum Gasteiger partial charge on any atom is -0.495 e. The number of nitrogens with zero attached hydrogens (tertiary/aromatic N) is 3. The van der Waals surface area contributed by atoms with Gasteiger partial charge in [0.25, 0.3) is 0 Å². The second kappa shape index (κ2) is 13.9. The summed E-state index contributed by atoms with van der Waals surface area (Å²) < 4.78 is 31.6. The molecule has 4 rings (SSSR count). The van der Waals surface area contributed by atoms with Crippen molar-refractivity contribution in [1.29, 1.82) is 0 Å². The van der Waals surface area contributed by atoms with Gasteiger partial charge in [0.05, 0.1) is 34.8 Å². The second-order valence-electron chi connectivity index (χ2n) is 11.0. The highest BCUT2D eigenvalue weighted by Crippen LogP contribution is 2.38. The summed E-state index contributed by atoms with van der Waals surface area (Å²) in [5.74, 6) is 1.84. The van der Waals surface area contributed by atoms with E-state index in [1.54, 1.807) is 45.2 Å². The van der Waals surface area contributed by atoms with Gasteiger partial charge in [-0.2, -0.15) is 4.98 Å². The normalized spacial score (nSPS) is 14.8. The summed E-state index contributed by atoms with van der Waals surface area (Å²) in [5.41, 5.74) is 3.67. The molecule has 1 fully saturated rings. The van der Waals surface area contributed by atoms with Gasteiger partial charge in [0.2, 0.25) is 5.95 Å². The van der Waals surface area contributed by atoms with E-state index in [4.69, 9.17) is 16.3 Å². The van der Waals surface area contributed by atoms with Crippen molar-refractivity contribution < 1.29 is 13.2 Å². The molecule has 1 aromatic heterocycles. The SMILES string of the molecule is CCCCCN1CCC(c2cc(OC)c(Nc3ncc(Cl)c(Nc4ccccc4S(=O)(=O)C(C)C)n3)cc2C)CC1. The van der Waals surface area contributed by atoms with Crippen LogP contribution in [0.2, 0.25) is 5.02 Å². The van der Waals surface area contributed by atoms with E-state index in [1.165, 1.54) is 43.1 Å². The summed E-state index contributed by atoms with van der Waals surface area (Å²) in [4.78, 5) is 11.7. The lowest BCUT2D eigenvalue weighted by molar-refractivity contribution is 0.208. The monoisotopic (exact) mass is 599 g/mol. The maximum Gasteiger partial charge on any atom is 0.229 e. The molecule has 0 bridgehead atoms. The molecule has 0 unspecified atom stereocenters. The van der Waals surface area contributed by atoms with Crippen LogP contribution in [0.4, 0.5) is 23.1 Å². The van der Waals surface area contributed by atoms with Crippen molar-refractivity contribution in [3.8, 4) is 5.75 Å². The van der Waals surface area contributed by atoms with E-state index in [0.717, 1.165) is 37.4 Å². The van der Waals surface area contributed by atoms with Crippen LogP contribution >= 0.6 is 11.6 Å². The smallest absolute Gasteiger partial charge is 0.229 e. The number of hydrogen-bond donors (Lipinski definition) is 2. The molecule has 0 spiro atoms. The third-order valence-corrected chi connectivity index (χ3v) is 10.2. The van der Waals surface area contributed by atoms with E-state index in [1.807, 2.05) is 0 Å². The number of ether oxygens (including phenoxy) is 1. The molecule has 2 aromatic carbocycles. The number of hydrogen-bond acceptors (Lipinski definition) is 8. The molecule has 1 saturated heterocycles. The molecule has 0 saturated carbocycles. The Hall–Kier alpha value is -2.88. The molecule has 2 N–H and O–H groups in total. The lowest BCUT2D eigenvalue weighted by Crippen LogP contribution is -2.33. The molecular formula is C31H42ClN5O3S. The van der Waals surface area contributed by atoms with Gasteiger partial charge in [0.15, 0.2) is 15.7 Å². The van der Waals surface area contributed by atoms with Crippen molar-refractivity contribution in [3.63, 3.8) is 0 Å². The minimum atomic E-state index is -3.52. The van der Waals surface area contributed by atoms with Crippen molar-refractivity contribution in [2.45, 2.75) is 75.9 Å². The molecule has 41 heavy (non-hydrogen) atoms. The van der Waals surface area contributed by atoms with Crippen LogP contribution in [0, 0.1) is 6.92 Å². The first-order valence-corrected chi connectivity index (χ1v) is 16.4. The highest BCUT2D eigenvalue weighted by Gasteiger charge is 2.25. The molecule has 0 radical (unpaired) electrons. The second-order valence-corrected chi connectivity index (χ2v) is 13.8. The average molecular weight is 600 g/mol. The van der Waals surface area contributed by atoms with Gasteiger partial charge in [0, 0.05) is 0 Å². The minimum absolute atomic E-state index is 0.193. The number of benzene rings is 2. The van der Waals surface area contributed by atoms with Gasteiger partial charge in [-0.15, -0.1) is 0 Å². The third kappa shape index (κ3) is 7.50. The standard InChI is InChI=1S/C31H42ClN5O3S/c1-6-7-10-15-37-16-13-23(14-17-37)24-19-28(40-5)27(18-22(24)4)35-31-33-20-25(32)30(36-31)34-26-11-8-9-12-29(26)41(38,39)21(2)3/h8-9,11-12,18-21,23H,6-7,10,13-17H2,1-5H3,(H2,33,34,35,36). The number of halogens is 1. The molecule has 0 aliphatic carbocycles.